The van der Waals surface area contributed by atoms with E-state index in [0.717, 1.165) is 18.4 Å². The molecular weight excluding hydrogens is 330 g/mol. The molecule has 26 heavy (non-hydrogen) atoms. The van der Waals surface area contributed by atoms with Crippen LogP contribution in [0.25, 0.3) is 0 Å². The van der Waals surface area contributed by atoms with Gasteiger partial charge >= 0.3 is 0 Å². The summed E-state index contributed by atoms with van der Waals surface area (Å²) in [6, 6.07) is 9.85. The van der Waals surface area contributed by atoms with E-state index in [1.807, 2.05) is 19.9 Å². The molecule has 0 saturated carbocycles. The highest BCUT2D eigenvalue weighted by Gasteiger charge is 2.35. The average Bonchev–Trinajstić information content (AvgIpc) is 2.86. The Bertz CT molecular complexity index is 905. The molecule has 0 bridgehead atoms. The van der Waals surface area contributed by atoms with Gasteiger partial charge in [-0.15, -0.1) is 0 Å². The smallest absolute Gasteiger partial charge is 0.261 e. The Morgan fingerprint density at radius 1 is 1.08 bits per heavy atom. The molecule has 1 heterocycles. The Kier molecular flexibility index (Phi) is 4.75. The lowest BCUT2D eigenvalue weighted by molar-refractivity contribution is 0.0652. The van der Waals surface area contributed by atoms with Gasteiger partial charge in [0.1, 0.15) is 0 Å². The van der Waals surface area contributed by atoms with Crippen molar-refractivity contribution in [3.8, 4) is 0 Å². The minimum Gasteiger partial charge on any atom is -0.399 e. The molecule has 1 aliphatic rings. The Morgan fingerprint density at radius 2 is 1.81 bits per heavy atom. The van der Waals surface area contributed by atoms with Crippen LogP contribution in [0.2, 0.25) is 0 Å². The average molecular weight is 351 g/mol. The number of carbonyl (C=O) groups is 3. The van der Waals surface area contributed by atoms with E-state index in [1.165, 1.54) is 11.0 Å². The second-order valence-electron chi connectivity index (χ2n) is 6.40. The van der Waals surface area contributed by atoms with Crippen molar-refractivity contribution in [2.24, 2.45) is 0 Å². The molecule has 0 aliphatic carbocycles. The summed E-state index contributed by atoms with van der Waals surface area (Å²) in [7, 11) is 0. The topological polar surface area (TPSA) is 92.5 Å². The number of fused-ring (bicyclic) bond motifs is 1. The Balaban J connectivity index is 1.85. The maximum absolute atomic E-state index is 12.6. The van der Waals surface area contributed by atoms with Gasteiger partial charge in [-0.2, -0.15) is 0 Å². The number of unbranched alkanes of at least 4 members (excludes halogenated alkanes) is 1. The number of imide groups is 1. The molecule has 2 aromatic rings. The van der Waals surface area contributed by atoms with Crippen molar-refractivity contribution in [3.63, 3.8) is 0 Å². The quantitative estimate of drug-likeness (QED) is 0.639. The minimum atomic E-state index is -0.353. The molecule has 0 spiro atoms. The number of benzene rings is 2. The summed E-state index contributed by atoms with van der Waals surface area (Å²) in [5.41, 5.74) is 8.76. The summed E-state index contributed by atoms with van der Waals surface area (Å²) < 4.78 is 0. The number of nitrogens with zero attached hydrogens (tertiary/aromatic N) is 1. The molecule has 0 aromatic heterocycles. The highest BCUT2D eigenvalue weighted by Crippen LogP contribution is 2.25. The van der Waals surface area contributed by atoms with E-state index < -0.39 is 0 Å². The summed E-state index contributed by atoms with van der Waals surface area (Å²) in [6.45, 7) is 4.26. The molecule has 0 unspecified atom stereocenters. The Hall–Kier alpha value is -3.15. The summed E-state index contributed by atoms with van der Waals surface area (Å²) in [5, 5.41) is 2.80. The Morgan fingerprint density at radius 3 is 2.54 bits per heavy atom. The van der Waals surface area contributed by atoms with Gasteiger partial charge in [-0.3, -0.25) is 19.3 Å². The van der Waals surface area contributed by atoms with Crippen molar-refractivity contribution in [1.29, 1.82) is 0 Å². The van der Waals surface area contributed by atoms with Gasteiger partial charge in [-0.25, -0.2) is 0 Å². The van der Waals surface area contributed by atoms with Crippen molar-refractivity contribution >= 4 is 29.1 Å². The summed E-state index contributed by atoms with van der Waals surface area (Å²) >= 11 is 0. The van der Waals surface area contributed by atoms with Crippen LogP contribution in [0.15, 0.2) is 36.4 Å². The van der Waals surface area contributed by atoms with E-state index in [2.05, 4.69) is 5.32 Å². The number of rotatable bonds is 5. The maximum atomic E-state index is 12.6. The van der Waals surface area contributed by atoms with Crippen LogP contribution in [0.1, 0.15) is 56.4 Å². The molecule has 134 valence electrons. The number of carbonyl (C=O) groups excluding carboxylic acids is 3. The lowest BCUT2D eigenvalue weighted by Crippen LogP contribution is -2.30. The van der Waals surface area contributed by atoms with Crippen LogP contribution in [0.4, 0.5) is 11.4 Å². The normalized spacial score (nSPS) is 13.1. The Labute approximate surface area is 152 Å². The van der Waals surface area contributed by atoms with Crippen LogP contribution in [-0.4, -0.2) is 29.2 Å². The molecule has 6 heteroatoms. The fraction of sp³-hybridized carbons (Fsp3) is 0.250. The third-order valence-electron chi connectivity index (χ3n) is 4.48. The zero-order valence-corrected chi connectivity index (χ0v) is 14.8. The molecule has 0 radical (unpaired) electrons. The molecule has 2 aromatic carbocycles. The SMILES string of the molecule is CCCCN1C(=O)c2ccc(C(=O)Nc3cc(N)ccc3C)cc2C1=O. The van der Waals surface area contributed by atoms with Gasteiger partial charge in [0.05, 0.1) is 11.1 Å². The first-order valence-electron chi connectivity index (χ1n) is 8.60. The molecule has 3 amide bonds. The summed E-state index contributed by atoms with van der Waals surface area (Å²) in [6.07, 6.45) is 1.65. The highest BCUT2D eigenvalue weighted by molar-refractivity contribution is 6.22. The van der Waals surface area contributed by atoms with E-state index in [-0.39, 0.29) is 23.3 Å². The number of aryl methyl sites for hydroxylation is 1. The van der Waals surface area contributed by atoms with Crippen LogP contribution in [0.3, 0.4) is 0 Å². The number of anilines is 2. The number of hydrogen-bond donors (Lipinski definition) is 2. The van der Waals surface area contributed by atoms with Crippen molar-refractivity contribution in [2.45, 2.75) is 26.7 Å². The van der Waals surface area contributed by atoms with Gasteiger partial charge in [-0.1, -0.05) is 19.4 Å². The fourth-order valence-electron chi connectivity index (χ4n) is 2.92. The van der Waals surface area contributed by atoms with E-state index in [1.54, 1.807) is 24.3 Å². The van der Waals surface area contributed by atoms with E-state index >= 15 is 0 Å². The molecule has 1 aliphatic heterocycles. The lowest BCUT2D eigenvalue weighted by atomic mass is 10.0. The van der Waals surface area contributed by atoms with Gasteiger partial charge in [0.2, 0.25) is 0 Å². The third-order valence-corrected chi connectivity index (χ3v) is 4.48. The van der Waals surface area contributed by atoms with E-state index in [0.29, 0.717) is 29.0 Å². The lowest BCUT2D eigenvalue weighted by Gasteiger charge is -2.12. The number of amides is 3. The standard InChI is InChI=1S/C20H21N3O3/c1-3-4-9-23-19(25)15-8-6-13(10-16(15)20(23)26)18(24)22-17-11-14(21)7-5-12(17)2/h5-8,10-11H,3-4,9,21H2,1-2H3,(H,22,24). The number of nitrogen functional groups attached to an aromatic ring is 1. The van der Waals surface area contributed by atoms with Crippen molar-refractivity contribution < 1.29 is 14.4 Å². The molecule has 6 nitrogen and oxygen atoms in total. The molecular formula is C20H21N3O3. The largest absolute Gasteiger partial charge is 0.399 e. The van der Waals surface area contributed by atoms with Crippen LogP contribution >= 0.6 is 0 Å². The second-order valence-corrected chi connectivity index (χ2v) is 6.40. The van der Waals surface area contributed by atoms with Gasteiger partial charge < -0.3 is 11.1 Å². The van der Waals surface area contributed by atoms with Gasteiger partial charge in [0, 0.05) is 23.5 Å². The molecule has 0 saturated heterocycles. The molecule has 0 fully saturated rings. The summed E-state index contributed by atoms with van der Waals surface area (Å²) in [4.78, 5) is 38.7. The highest BCUT2D eigenvalue weighted by atomic mass is 16.2. The van der Waals surface area contributed by atoms with Crippen LogP contribution in [-0.2, 0) is 0 Å². The summed E-state index contributed by atoms with van der Waals surface area (Å²) in [5.74, 6) is -0.987. The maximum Gasteiger partial charge on any atom is 0.261 e. The van der Waals surface area contributed by atoms with E-state index in [4.69, 9.17) is 5.73 Å². The van der Waals surface area contributed by atoms with Gasteiger partial charge in [-0.05, 0) is 49.2 Å². The van der Waals surface area contributed by atoms with Crippen molar-refractivity contribution in [1.82, 2.24) is 4.90 Å². The first-order valence-corrected chi connectivity index (χ1v) is 8.60. The molecule has 3 rings (SSSR count). The predicted molar refractivity (Wildman–Crippen MR) is 100 cm³/mol. The first kappa shape index (κ1) is 17.7. The number of hydrogen-bond acceptors (Lipinski definition) is 4. The monoisotopic (exact) mass is 351 g/mol. The van der Waals surface area contributed by atoms with Crippen LogP contribution < -0.4 is 11.1 Å². The van der Waals surface area contributed by atoms with Crippen molar-refractivity contribution in [3.05, 3.63) is 58.7 Å². The number of nitrogens with one attached hydrogen (secondary N) is 1. The van der Waals surface area contributed by atoms with E-state index in [9.17, 15) is 14.4 Å². The molecule has 0 atom stereocenters. The third kappa shape index (κ3) is 3.18. The number of nitrogens with two attached hydrogens (primary N) is 1. The van der Waals surface area contributed by atoms with Gasteiger partial charge in [0.15, 0.2) is 0 Å². The minimum absolute atomic E-state index is 0.281. The van der Waals surface area contributed by atoms with Gasteiger partial charge in [0.25, 0.3) is 17.7 Å². The molecule has 3 N–H and O–H groups in total. The first-order chi connectivity index (χ1) is 12.4. The van der Waals surface area contributed by atoms with Crippen LogP contribution in [0, 0.1) is 6.92 Å². The van der Waals surface area contributed by atoms with Crippen LogP contribution in [0.5, 0.6) is 0 Å². The zero-order valence-electron chi connectivity index (χ0n) is 14.8. The second kappa shape index (κ2) is 7.00. The zero-order chi connectivity index (χ0) is 18.8. The fourth-order valence-corrected chi connectivity index (χ4v) is 2.92. The van der Waals surface area contributed by atoms with Crippen molar-refractivity contribution in [2.75, 3.05) is 17.6 Å². The predicted octanol–water partition coefficient (Wildman–Crippen LogP) is 3.23.